The van der Waals surface area contributed by atoms with Gasteiger partial charge in [-0.2, -0.15) is 0 Å². The van der Waals surface area contributed by atoms with Crippen LogP contribution in [0.3, 0.4) is 0 Å². The fourth-order valence-electron chi connectivity index (χ4n) is 0.677. The van der Waals surface area contributed by atoms with Crippen molar-refractivity contribution in [2.45, 2.75) is 30.0 Å². The molecule has 0 spiro atoms. The predicted molar refractivity (Wildman–Crippen MR) is 52.8 cm³/mol. The van der Waals surface area contributed by atoms with Crippen molar-refractivity contribution in [1.29, 1.82) is 0 Å². The number of nitrogens with one attached hydrogen (secondary N) is 1. The second kappa shape index (κ2) is 5.90. The highest BCUT2D eigenvalue weighted by Gasteiger charge is 2.29. The lowest BCUT2D eigenvalue weighted by molar-refractivity contribution is -0.120. The molecule has 0 bridgehead atoms. The number of alkyl halides is 3. The summed E-state index contributed by atoms with van der Waals surface area (Å²) in [5.74, 6) is -0.552. The number of hydrogen-bond donors (Lipinski definition) is 1. The van der Waals surface area contributed by atoms with Crippen molar-refractivity contribution < 1.29 is 4.79 Å². The van der Waals surface area contributed by atoms with Gasteiger partial charge in [-0.25, -0.2) is 0 Å². The Morgan fingerprint density at radius 3 is 2.33 bits per heavy atom. The Morgan fingerprint density at radius 1 is 1.33 bits per heavy atom. The van der Waals surface area contributed by atoms with Gasteiger partial charge in [-0.15, -0.1) is 0 Å². The second-order valence-electron chi connectivity index (χ2n) is 2.46. The highest BCUT2D eigenvalue weighted by molar-refractivity contribution is 6.76. The maximum Gasteiger partial charge on any atom is 0.272 e. The largest absolute Gasteiger partial charge is 0.352 e. The van der Waals surface area contributed by atoms with E-state index in [-0.39, 0.29) is 0 Å². The molecule has 0 aliphatic carbocycles. The quantitative estimate of drug-likeness (QED) is 0.586. The third-order valence-corrected chi connectivity index (χ3v) is 1.84. The number of carbonyl (C=O) groups excluding carboxylic acids is 1. The summed E-state index contributed by atoms with van der Waals surface area (Å²) in [6.07, 6.45) is 3.09. The number of amides is 1. The molecule has 12 heavy (non-hydrogen) atoms. The number of halogens is 3. The molecule has 2 nitrogen and oxygen atoms in total. The summed E-state index contributed by atoms with van der Waals surface area (Å²) < 4.78 is -1.83. The van der Waals surface area contributed by atoms with Gasteiger partial charge in [0.1, 0.15) is 0 Å². The van der Waals surface area contributed by atoms with E-state index in [4.69, 9.17) is 34.8 Å². The summed E-state index contributed by atoms with van der Waals surface area (Å²) >= 11 is 15.9. The summed E-state index contributed by atoms with van der Waals surface area (Å²) in [6.45, 7) is 2.65. The topological polar surface area (TPSA) is 29.1 Å². The second-order valence-corrected chi connectivity index (χ2v) is 4.74. The minimum Gasteiger partial charge on any atom is -0.352 e. The van der Waals surface area contributed by atoms with Crippen LogP contribution < -0.4 is 5.32 Å². The number of carbonyl (C=O) groups is 1. The number of hydrogen-bond acceptors (Lipinski definition) is 1. The van der Waals surface area contributed by atoms with Crippen LogP contribution in [0, 0.1) is 0 Å². The minimum atomic E-state index is -1.83. The monoisotopic (exact) mass is 231 g/mol. The SMILES string of the molecule is CCCCCNC(=O)C(Cl)(Cl)Cl. The van der Waals surface area contributed by atoms with Crippen LogP contribution in [-0.4, -0.2) is 16.2 Å². The van der Waals surface area contributed by atoms with Crippen LogP contribution in [0.5, 0.6) is 0 Å². The number of unbranched alkanes of at least 4 members (excludes halogenated alkanes) is 2. The van der Waals surface area contributed by atoms with Crippen LogP contribution >= 0.6 is 34.8 Å². The highest BCUT2D eigenvalue weighted by atomic mass is 35.6. The maximum absolute atomic E-state index is 10.9. The lowest BCUT2D eigenvalue weighted by Gasteiger charge is -2.10. The van der Waals surface area contributed by atoms with Gasteiger partial charge in [0.15, 0.2) is 0 Å². The van der Waals surface area contributed by atoms with E-state index in [0.29, 0.717) is 6.54 Å². The van der Waals surface area contributed by atoms with E-state index in [9.17, 15) is 4.79 Å². The summed E-state index contributed by atoms with van der Waals surface area (Å²) in [4.78, 5) is 10.9. The molecule has 0 saturated carbocycles. The highest BCUT2D eigenvalue weighted by Crippen LogP contribution is 2.25. The first-order valence-electron chi connectivity index (χ1n) is 3.83. The molecule has 0 atom stereocenters. The molecule has 5 heteroatoms. The molecular formula is C7H12Cl3NO. The Hall–Kier alpha value is 0.340. The van der Waals surface area contributed by atoms with Gasteiger partial charge in [-0.1, -0.05) is 54.6 Å². The maximum atomic E-state index is 10.9. The predicted octanol–water partition coefficient (Wildman–Crippen LogP) is 2.66. The average molecular weight is 233 g/mol. The molecule has 1 N–H and O–H groups in total. The van der Waals surface area contributed by atoms with Crippen molar-refractivity contribution in [1.82, 2.24) is 5.32 Å². The molecule has 0 aromatic carbocycles. The third-order valence-electron chi connectivity index (χ3n) is 1.32. The van der Waals surface area contributed by atoms with Crippen LogP contribution in [0.15, 0.2) is 0 Å². The van der Waals surface area contributed by atoms with E-state index >= 15 is 0 Å². The van der Waals surface area contributed by atoms with Gasteiger partial charge in [-0.05, 0) is 6.42 Å². The van der Waals surface area contributed by atoms with Crippen LogP contribution in [0.25, 0.3) is 0 Å². The van der Waals surface area contributed by atoms with Crippen molar-refractivity contribution in [3.8, 4) is 0 Å². The lowest BCUT2D eigenvalue weighted by Crippen LogP contribution is -2.35. The van der Waals surface area contributed by atoms with E-state index in [1.54, 1.807) is 0 Å². The molecule has 0 radical (unpaired) electrons. The minimum absolute atomic E-state index is 0.552. The molecule has 0 rings (SSSR count). The Bertz CT molecular complexity index is 144. The summed E-state index contributed by atoms with van der Waals surface area (Å²) in [7, 11) is 0. The van der Waals surface area contributed by atoms with Gasteiger partial charge in [0.25, 0.3) is 9.70 Å². The first kappa shape index (κ1) is 12.3. The van der Waals surface area contributed by atoms with E-state index in [1.165, 1.54) is 0 Å². The molecule has 1 amide bonds. The van der Waals surface area contributed by atoms with E-state index in [2.05, 4.69) is 12.2 Å². The third kappa shape index (κ3) is 5.92. The molecule has 0 aliphatic rings. The smallest absolute Gasteiger partial charge is 0.272 e. The van der Waals surface area contributed by atoms with Crippen LogP contribution in [0.1, 0.15) is 26.2 Å². The van der Waals surface area contributed by atoms with Crippen LogP contribution in [0.4, 0.5) is 0 Å². The zero-order valence-corrected chi connectivity index (χ0v) is 9.14. The first-order chi connectivity index (χ1) is 5.48. The van der Waals surface area contributed by atoms with Gasteiger partial charge >= 0.3 is 0 Å². The van der Waals surface area contributed by atoms with Gasteiger partial charge in [0.2, 0.25) is 0 Å². The Morgan fingerprint density at radius 2 is 1.92 bits per heavy atom. The zero-order valence-electron chi connectivity index (χ0n) is 6.87. The van der Waals surface area contributed by atoms with Crippen molar-refractivity contribution in [2.24, 2.45) is 0 Å². The van der Waals surface area contributed by atoms with E-state index in [1.807, 2.05) is 0 Å². The summed E-state index contributed by atoms with van der Waals surface area (Å²) in [5.41, 5.74) is 0. The Kier molecular flexibility index (Phi) is 6.06. The molecule has 0 fully saturated rings. The van der Waals surface area contributed by atoms with Gasteiger partial charge in [0, 0.05) is 6.54 Å². The zero-order chi connectivity index (χ0) is 9.61. The molecular weight excluding hydrogens is 220 g/mol. The average Bonchev–Trinajstić information content (AvgIpc) is 1.96. The van der Waals surface area contributed by atoms with Crippen LogP contribution in [0.2, 0.25) is 0 Å². The molecule has 0 aromatic rings. The fraction of sp³-hybridized carbons (Fsp3) is 0.857. The molecule has 0 unspecified atom stereocenters. The van der Waals surface area contributed by atoms with Gasteiger partial charge < -0.3 is 5.32 Å². The normalized spacial score (nSPS) is 11.3. The lowest BCUT2D eigenvalue weighted by atomic mass is 10.2. The molecule has 0 aliphatic heterocycles. The Balaban J connectivity index is 3.45. The first-order valence-corrected chi connectivity index (χ1v) is 4.97. The van der Waals surface area contributed by atoms with Crippen molar-refractivity contribution >= 4 is 40.7 Å². The molecule has 0 aromatic heterocycles. The summed E-state index contributed by atoms with van der Waals surface area (Å²) in [6, 6.07) is 0. The number of rotatable bonds is 4. The van der Waals surface area contributed by atoms with E-state index in [0.717, 1.165) is 19.3 Å². The van der Waals surface area contributed by atoms with Gasteiger partial charge in [-0.3, -0.25) is 4.79 Å². The fourth-order valence-corrected chi connectivity index (χ4v) is 0.878. The van der Waals surface area contributed by atoms with Crippen molar-refractivity contribution in [3.63, 3.8) is 0 Å². The molecule has 0 heterocycles. The summed E-state index contributed by atoms with van der Waals surface area (Å²) in [5, 5.41) is 2.52. The van der Waals surface area contributed by atoms with Crippen molar-refractivity contribution in [2.75, 3.05) is 6.54 Å². The van der Waals surface area contributed by atoms with Gasteiger partial charge in [0.05, 0.1) is 0 Å². The molecule has 0 saturated heterocycles. The van der Waals surface area contributed by atoms with Crippen LogP contribution in [-0.2, 0) is 4.79 Å². The Labute approximate surface area is 87.6 Å². The standard InChI is InChI=1S/C7H12Cl3NO/c1-2-3-4-5-11-6(12)7(8,9)10/h2-5H2,1H3,(H,11,12). The van der Waals surface area contributed by atoms with Crippen molar-refractivity contribution in [3.05, 3.63) is 0 Å². The molecule has 72 valence electrons. The van der Waals surface area contributed by atoms with E-state index < -0.39 is 9.70 Å².